The summed E-state index contributed by atoms with van der Waals surface area (Å²) in [6, 6.07) is 3.40. The number of hydrogen-bond acceptors (Lipinski definition) is 7. The fraction of sp³-hybridized carbons (Fsp3) is 0.640. The fourth-order valence-corrected chi connectivity index (χ4v) is 5.79. The third-order valence-electron chi connectivity index (χ3n) is 7.64. The van der Waals surface area contributed by atoms with Crippen molar-refractivity contribution in [2.45, 2.75) is 82.1 Å². The molecule has 1 unspecified atom stereocenters. The molecule has 0 aromatic heterocycles. The predicted octanol–water partition coefficient (Wildman–Crippen LogP) is 3.07. The Labute approximate surface area is 212 Å². The third-order valence-corrected chi connectivity index (χ3v) is 7.64. The van der Waals surface area contributed by atoms with E-state index in [0.29, 0.717) is 37.7 Å². The molecule has 1 aliphatic heterocycles. The molecule has 2 spiro atoms. The van der Waals surface area contributed by atoms with Crippen molar-refractivity contribution in [3.63, 3.8) is 0 Å². The van der Waals surface area contributed by atoms with E-state index in [-0.39, 0.29) is 17.6 Å². The summed E-state index contributed by atoms with van der Waals surface area (Å²) < 4.78 is 51.2. The number of guanidine groups is 1. The SMILES string of the molecule is COC1CCC2(CC1)Cc1ccc(C(O)(O)C(F)(F)F)cc1C21N=C(NC(=O)OC(C)(C)C)N(C)C1=O. The molecular weight excluding hydrogens is 495 g/mol. The van der Waals surface area contributed by atoms with E-state index in [0.717, 1.165) is 17.0 Å². The van der Waals surface area contributed by atoms with Gasteiger partial charge in [-0.1, -0.05) is 12.1 Å². The van der Waals surface area contributed by atoms with Gasteiger partial charge in [0.2, 0.25) is 5.96 Å². The highest BCUT2D eigenvalue weighted by molar-refractivity contribution is 6.12. The Morgan fingerprint density at radius 3 is 2.35 bits per heavy atom. The summed E-state index contributed by atoms with van der Waals surface area (Å²) >= 11 is 0. The molecule has 1 heterocycles. The highest BCUT2D eigenvalue weighted by Crippen LogP contribution is 2.62. The fourth-order valence-electron chi connectivity index (χ4n) is 5.79. The number of fused-ring (bicyclic) bond motifs is 3. The number of aliphatic imine (C=N–C) groups is 1. The number of aliphatic hydroxyl groups is 2. The molecule has 1 aromatic carbocycles. The van der Waals surface area contributed by atoms with Gasteiger partial charge in [-0.2, -0.15) is 13.2 Å². The molecule has 0 radical (unpaired) electrons. The van der Waals surface area contributed by atoms with E-state index in [1.165, 1.54) is 13.1 Å². The van der Waals surface area contributed by atoms with Crippen LogP contribution in [-0.4, -0.2) is 65.1 Å². The van der Waals surface area contributed by atoms with Crippen LogP contribution in [0.15, 0.2) is 23.2 Å². The summed E-state index contributed by atoms with van der Waals surface area (Å²) in [5.41, 5.74) is -3.37. The van der Waals surface area contributed by atoms with Crippen LogP contribution in [-0.2, 0) is 32.0 Å². The molecular formula is C25H32F3N3O6. The number of methoxy groups -OCH3 is 1. The number of hydrogen-bond donors (Lipinski definition) is 3. The lowest BCUT2D eigenvalue weighted by atomic mass is 9.61. The average molecular weight is 528 g/mol. The molecule has 37 heavy (non-hydrogen) atoms. The number of amides is 2. The van der Waals surface area contributed by atoms with Crippen molar-refractivity contribution in [3.05, 3.63) is 34.9 Å². The number of nitrogens with one attached hydrogen (secondary N) is 1. The van der Waals surface area contributed by atoms with Gasteiger partial charge in [0, 0.05) is 25.1 Å². The summed E-state index contributed by atoms with van der Waals surface area (Å²) in [6.07, 6.45) is -3.72. The summed E-state index contributed by atoms with van der Waals surface area (Å²) in [4.78, 5) is 32.4. The number of carbonyl (C=O) groups excluding carboxylic acids is 2. The lowest BCUT2D eigenvalue weighted by Gasteiger charge is -2.45. The van der Waals surface area contributed by atoms with E-state index in [1.807, 2.05) is 0 Å². The van der Waals surface area contributed by atoms with E-state index in [4.69, 9.17) is 14.5 Å². The quantitative estimate of drug-likeness (QED) is 0.509. The smallest absolute Gasteiger partial charge is 0.444 e. The van der Waals surface area contributed by atoms with Gasteiger partial charge in [0.05, 0.1) is 6.10 Å². The first-order valence-electron chi connectivity index (χ1n) is 12.0. The number of ether oxygens (including phenoxy) is 2. The van der Waals surface area contributed by atoms with Crippen molar-refractivity contribution in [2.24, 2.45) is 10.4 Å². The number of alkyl halides is 3. The molecule has 9 nitrogen and oxygen atoms in total. The summed E-state index contributed by atoms with van der Waals surface area (Å²) in [5, 5.41) is 22.4. The van der Waals surface area contributed by atoms with Crippen LogP contribution in [0.25, 0.3) is 0 Å². The zero-order chi connectivity index (χ0) is 27.6. The van der Waals surface area contributed by atoms with Gasteiger partial charge in [0.25, 0.3) is 11.7 Å². The van der Waals surface area contributed by atoms with E-state index in [1.54, 1.807) is 27.9 Å². The van der Waals surface area contributed by atoms with Crippen molar-refractivity contribution < 1.29 is 42.4 Å². The van der Waals surface area contributed by atoms with Crippen LogP contribution in [0.3, 0.4) is 0 Å². The molecule has 0 saturated heterocycles. The standard InChI is InChI=1S/C25H32F3N3O6/c1-21(2,3)37-20(33)29-19-30-23(18(32)31(19)4)17-12-15(24(34,35)25(26,27)28)7-6-14(17)13-22(23)10-8-16(36-5)9-11-22/h6-7,12,16,34-35H,8-11,13H2,1-5H3,(H,29,30,33). The van der Waals surface area contributed by atoms with Gasteiger partial charge in [0.15, 0.2) is 5.54 Å². The van der Waals surface area contributed by atoms with Crippen LogP contribution in [0.5, 0.6) is 0 Å². The highest BCUT2D eigenvalue weighted by Gasteiger charge is 2.67. The van der Waals surface area contributed by atoms with Crippen LogP contribution in [0, 0.1) is 5.41 Å². The normalized spacial score (nSPS) is 28.1. The van der Waals surface area contributed by atoms with Crippen molar-refractivity contribution in [1.82, 2.24) is 10.2 Å². The van der Waals surface area contributed by atoms with Gasteiger partial charge in [-0.3, -0.25) is 15.0 Å². The first kappa shape index (κ1) is 27.3. The summed E-state index contributed by atoms with van der Waals surface area (Å²) in [5.74, 6) is -4.75. The number of benzene rings is 1. The Morgan fingerprint density at radius 1 is 1.19 bits per heavy atom. The lowest BCUT2D eigenvalue weighted by molar-refractivity contribution is -0.358. The lowest BCUT2D eigenvalue weighted by Crippen LogP contribution is -2.52. The number of alkyl carbamates (subject to hydrolysis) is 1. The van der Waals surface area contributed by atoms with Crippen LogP contribution >= 0.6 is 0 Å². The molecule has 0 bridgehead atoms. The number of likely N-dealkylation sites (N-methyl/N-ethyl adjacent to an activating group) is 1. The number of carbonyl (C=O) groups is 2. The molecule has 4 rings (SSSR count). The van der Waals surface area contributed by atoms with E-state index >= 15 is 0 Å². The highest BCUT2D eigenvalue weighted by atomic mass is 19.4. The minimum atomic E-state index is -5.37. The first-order chi connectivity index (χ1) is 17.0. The van der Waals surface area contributed by atoms with E-state index in [2.05, 4.69) is 5.32 Å². The van der Waals surface area contributed by atoms with Crippen molar-refractivity contribution in [3.8, 4) is 0 Å². The monoisotopic (exact) mass is 527 g/mol. The minimum Gasteiger partial charge on any atom is -0.444 e. The van der Waals surface area contributed by atoms with Crippen LogP contribution in [0.2, 0.25) is 0 Å². The van der Waals surface area contributed by atoms with Crippen molar-refractivity contribution in [1.29, 1.82) is 0 Å². The minimum absolute atomic E-state index is 0.0349. The zero-order valence-electron chi connectivity index (χ0n) is 21.4. The topological polar surface area (TPSA) is 121 Å². The molecule has 3 aliphatic rings. The van der Waals surface area contributed by atoms with Gasteiger partial charge in [0.1, 0.15) is 5.60 Å². The van der Waals surface area contributed by atoms with Gasteiger partial charge >= 0.3 is 12.3 Å². The summed E-state index contributed by atoms with van der Waals surface area (Å²) in [6.45, 7) is 5.02. The number of nitrogens with zero attached hydrogens (tertiary/aromatic N) is 2. The number of halogens is 3. The van der Waals surface area contributed by atoms with Crippen molar-refractivity contribution >= 4 is 18.0 Å². The van der Waals surface area contributed by atoms with Crippen LogP contribution in [0.4, 0.5) is 18.0 Å². The average Bonchev–Trinajstić information content (AvgIpc) is 3.19. The van der Waals surface area contributed by atoms with Crippen LogP contribution in [0.1, 0.15) is 63.1 Å². The molecule has 1 saturated carbocycles. The Hall–Kier alpha value is -2.70. The maximum Gasteiger partial charge on any atom is 0.447 e. The van der Waals surface area contributed by atoms with Crippen molar-refractivity contribution in [2.75, 3.05) is 14.2 Å². The van der Waals surface area contributed by atoms with Crippen LogP contribution < -0.4 is 5.32 Å². The Morgan fingerprint density at radius 2 is 1.81 bits per heavy atom. The third kappa shape index (κ3) is 4.28. The Kier molecular flexibility index (Phi) is 6.41. The zero-order valence-corrected chi connectivity index (χ0v) is 21.4. The first-order valence-corrected chi connectivity index (χ1v) is 12.0. The molecule has 2 aliphatic carbocycles. The molecule has 3 N–H and O–H groups in total. The second-order valence-corrected chi connectivity index (χ2v) is 11.1. The molecule has 12 heteroatoms. The molecule has 1 aromatic rings. The molecule has 1 fully saturated rings. The molecule has 1 atom stereocenters. The second kappa shape index (κ2) is 8.67. The van der Waals surface area contributed by atoms with Gasteiger partial charge in [-0.15, -0.1) is 0 Å². The summed E-state index contributed by atoms with van der Waals surface area (Å²) in [7, 11) is 3.02. The molecule has 204 valence electrons. The van der Waals surface area contributed by atoms with Gasteiger partial charge < -0.3 is 19.7 Å². The second-order valence-electron chi connectivity index (χ2n) is 11.1. The number of rotatable bonds is 2. The van der Waals surface area contributed by atoms with E-state index in [9.17, 15) is 33.0 Å². The van der Waals surface area contributed by atoms with E-state index < -0.39 is 46.1 Å². The largest absolute Gasteiger partial charge is 0.447 e. The van der Waals surface area contributed by atoms with Gasteiger partial charge in [-0.05, 0) is 70.1 Å². The Balaban J connectivity index is 1.86. The van der Waals surface area contributed by atoms with Gasteiger partial charge in [-0.25, -0.2) is 9.79 Å². The Bertz CT molecular complexity index is 1140. The maximum absolute atomic E-state index is 14.0. The predicted molar refractivity (Wildman–Crippen MR) is 125 cm³/mol. The maximum atomic E-state index is 14.0. The molecule has 2 amide bonds.